The normalized spacial score (nSPS) is 24.5. The van der Waals surface area contributed by atoms with E-state index in [4.69, 9.17) is 0 Å². The number of nitrogens with one attached hydrogen (secondary N) is 1. The molecule has 0 aliphatic carbocycles. The van der Waals surface area contributed by atoms with Crippen molar-refractivity contribution < 1.29 is 0 Å². The molecule has 1 aromatic heterocycles. The van der Waals surface area contributed by atoms with Gasteiger partial charge in [0.25, 0.3) is 0 Å². The zero-order chi connectivity index (χ0) is 12.1. The van der Waals surface area contributed by atoms with E-state index in [9.17, 15) is 0 Å². The van der Waals surface area contributed by atoms with Crippen LogP contribution in [-0.2, 0) is 6.54 Å². The largest absolute Gasteiger partial charge is 0.336 e. The molecule has 2 unspecified atom stereocenters. The molecule has 4 nitrogen and oxygen atoms in total. The molecule has 17 heavy (non-hydrogen) atoms. The Morgan fingerprint density at radius 3 is 3.06 bits per heavy atom. The number of nitrogens with zero attached hydrogens (tertiary/aromatic N) is 3. The van der Waals surface area contributed by atoms with Crippen LogP contribution >= 0.6 is 0 Å². The van der Waals surface area contributed by atoms with Gasteiger partial charge in [-0.25, -0.2) is 4.98 Å². The summed E-state index contributed by atoms with van der Waals surface area (Å²) in [6.45, 7) is 5.73. The minimum Gasteiger partial charge on any atom is -0.336 e. The van der Waals surface area contributed by atoms with Gasteiger partial charge in [-0.2, -0.15) is 0 Å². The summed E-state index contributed by atoms with van der Waals surface area (Å²) in [5.41, 5.74) is 0. The predicted molar refractivity (Wildman–Crippen MR) is 70.0 cm³/mol. The van der Waals surface area contributed by atoms with Gasteiger partial charge in [0.05, 0.1) is 6.33 Å². The molecule has 0 saturated carbocycles. The van der Waals surface area contributed by atoms with Gasteiger partial charge in [0.1, 0.15) is 0 Å². The molecule has 1 N–H and O–H groups in total. The molecule has 0 aromatic carbocycles. The second kappa shape index (κ2) is 6.17. The number of imidazole rings is 1. The topological polar surface area (TPSA) is 33.1 Å². The number of rotatable bonds is 4. The fraction of sp³-hybridized carbons (Fsp3) is 0.769. The van der Waals surface area contributed by atoms with Gasteiger partial charge in [0, 0.05) is 31.0 Å². The first kappa shape index (κ1) is 12.6. The van der Waals surface area contributed by atoms with Gasteiger partial charge in [-0.05, 0) is 46.3 Å². The smallest absolute Gasteiger partial charge is 0.0946 e. The van der Waals surface area contributed by atoms with Crippen molar-refractivity contribution in [3.63, 3.8) is 0 Å². The summed E-state index contributed by atoms with van der Waals surface area (Å²) >= 11 is 0. The summed E-state index contributed by atoms with van der Waals surface area (Å²) in [4.78, 5) is 6.51. The van der Waals surface area contributed by atoms with Gasteiger partial charge < -0.3 is 14.8 Å². The first-order valence-corrected chi connectivity index (χ1v) is 6.64. The summed E-state index contributed by atoms with van der Waals surface area (Å²) in [7, 11) is 2.22. The molecule has 0 radical (unpaired) electrons. The Balaban J connectivity index is 1.75. The minimum absolute atomic E-state index is 0.512. The van der Waals surface area contributed by atoms with Crippen LogP contribution < -0.4 is 5.32 Å². The van der Waals surface area contributed by atoms with E-state index >= 15 is 0 Å². The van der Waals surface area contributed by atoms with Crippen LogP contribution in [0, 0.1) is 0 Å². The molecular formula is C13H24N4. The van der Waals surface area contributed by atoms with Crippen LogP contribution in [-0.4, -0.2) is 46.7 Å². The van der Waals surface area contributed by atoms with Crippen LogP contribution in [0.2, 0.25) is 0 Å². The molecule has 1 fully saturated rings. The molecule has 0 spiro atoms. The summed E-state index contributed by atoms with van der Waals surface area (Å²) in [6.07, 6.45) is 9.64. The Hall–Kier alpha value is -0.870. The number of hydrogen-bond donors (Lipinski definition) is 1. The highest BCUT2D eigenvalue weighted by Crippen LogP contribution is 2.10. The van der Waals surface area contributed by atoms with Crippen molar-refractivity contribution in [2.24, 2.45) is 0 Å². The van der Waals surface area contributed by atoms with Crippen LogP contribution in [0.4, 0.5) is 0 Å². The van der Waals surface area contributed by atoms with Crippen LogP contribution in [0.15, 0.2) is 18.7 Å². The van der Waals surface area contributed by atoms with E-state index in [1.54, 1.807) is 0 Å². The highest BCUT2D eigenvalue weighted by molar-refractivity contribution is 4.80. The van der Waals surface area contributed by atoms with Gasteiger partial charge in [-0.1, -0.05) is 0 Å². The first-order chi connectivity index (χ1) is 8.24. The lowest BCUT2D eigenvalue weighted by molar-refractivity contribution is 0.336. The van der Waals surface area contributed by atoms with E-state index in [0.717, 1.165) is 6.54 Å². The van der Waals surface area contributed by atoms with Crippen molar-refractivity contribution in [1.29, 1.82) is 0 Å². The average molecular weight is 236 g/mol. The van der Waals surface area contributed by atoms with E-state index in [0.29, 0.717) is 12.1 Å². The van der Waals surface area contributed by atoms with Gasteiger partial charge in [-0.3, -0.25) is 0 Å². The number of aromatic nitrogens is 2. The second-order valence-electron chi connectivity index (χ2n) is 5.26. The quantitative estimate of drug-likeness (QED) is 0.856. The standard InChI is InChI=1S/C13H24N4/c1-12(10-17-9-6-14-11-17)15-13-4-3-7-16(2)8-5-13/h6,9,11-13,15H,3-5,7-8,10H2,1-2H3. The fourth-order valence-electron chi connectivity index (χ4n) is 2.57. The summed E-state index contributed by atoms with van der Waals surface area (Å²) in [5, 5.41) is 3.74. The molecule has 1 aliphatic heterocycles. The maximum Gasteiger partial charge on any atom is 0.0946 e. The van der Waals surface area contributed by atoms with Crippen LogP contribution in [0.1, 0.15) is 26.2 Å². The van der Waals surface area contributed by atoms with Crippen LogP contribution in [0.3, 0.4) is 0 Å². The average Bonchev–Trinajstić information content (AvgIpc) is 2.70. The van der Waals surface area contributed by atoms with Crippen molar-refractivity contribution in [2.75, 3.05) is 20.1 Å². The number of likely N-dealkylation sites (tertiary alicyclic amines) is 1. The summed E-state index contributed by atoms with van der Waals surface area (Å²) < 4.78 is 2.14. The van der Waals surface area contributed by atoms with E-state index in [2.05, 4.69) is 33.7 Å². The third kappa shape index (κ3) is 4.13. The second-order valence-corrected chi connectivity index (χ2v) is 5.26. The maximum atomic E-state index is 4.08. The third-order valence-electron chi connectivity index (χ3n) is 3.52. The van der Waals surface area contributed by atoms with Crippen LogP contribution in [0.5, 0.6) is 0 Å². The molecule has 0 amide bonds. The molecule has 96 valence electrons. The van der Waals surface area contributed by atoms with Crippen molar-refractivity contribution in [3.05, 3.63) is 18.7 Å². The first-order valence-electron chi connectivity index (χ1n) is 6.64. The fourth-order valence-corrected chi connectivity index (χ4v) is 2.57. The van der Waals surface area contributed by atoms with Gasteiger partial charge in [0.15, 0.2) is 0 Å². The van der Waals surface area contributed by atoms with Crippen molar-refractivity contribution in [2.45, 2.75) is 44.8 Å². The monoisotopic (exact) mass is 236 g/mol. The van der Waals surface area contributed by atoms with Crippen LogP contribution in [0.25, 0.3) is 0 Å². The molecule has 0 bridgehead atoms. The Morgan fingerprint density at radius 2 is 2.29 bits per heavy atom. The molecule has 1 saturated heterocycles. The van der Waals surface area contributed by atoms with E-state index in [1.807, 2.05) is 18.7 Å². The maximum absolute atomic E-state index is 4.08. The SMILES string of the molecule is CC(Cn1ccnc1)NC1CCCN(C)CC1. The Labute approximate surface area is 104 Å². The Bertz CT molecular complexity index is 309. The van der Waals surface area contributed by atoms with E-state index < -0.39 is 0 Å². The zero-order valence-electron chi connectivity index (χ0n) is 11.0. The molecule has 4 heteroatoms. The van der Waals surface area contributed by atoms with Crippen molar-refractivity contribution >= 4 is 0 Å². The lowest BCUT2D eigenvalue weighted by Crippen LogP contribution is -2.39. The third-order valence-corrected chi connectivity index (χ3v) is 3.52. The van der Waals surface area contributed by atoms with E-state index in [1.165, 1.54) is 32.4 Å². The van der Waals surface area contributed by atoms with Crippen molar-refractivity contribution in [3.8, 4) is 0 Å². The summed E-state index contributed by atoms with van der Waals surface area (Å²) in [5.74, 6) is 0. The molecule has 2 rings (SSSR count). The van der Waals surface area contributed by atoms with Gasteiger partial charge in [0.2, 0.25) is 0 Å². The lowest BCUT2D eigenvalue weighted by atomic mass is 10.1. The Kier molecular flexibility index (Phi) is 4.57. The molecule has 1 aliphatic rings. The lowest BCUT2D eigenvalue weighted by Gasteiger charge is -2.22. The predicted octanol–water partition coefficient (Wildman–Crippen LogP) is 1.35. The Morgan fingerprint density at radius 1 is 1.41 bits per heavy atom. The van der Waals surface area contributed by atoms with Crippen molar-refractivity contribution in [1.82, 2.24) is 19.8 Å². The molecular weight excluding hydrogens is 212 g/mol. The summed E-state index contributed by atoms with van der Waals surface area (Å²) in [6, 6.07) is 1.19. The van der Waals surface area contributed by atoms with E-state index in [-0.39, 0.29) is 0 Å². The highest BCUT2D eigenvalue weighted by Gasteiger charge is 2.16. The number of hydrogen-bond acceptors (Lipinski definition) is 3. The van der Waals surface area contributed by atoms with Gasteiger partial charge in [-0.15, -0.1) is 0 Å². The molecule has 2 heterocycles. The molecule has 1 aromatic rings. The zero-order valence-corrected chi connectivity index (χ0v) is 11.0. The van der Waals surface area contributed by atoms with Gasteiger partial charge >= 0.3 is 0 Å². The highest BCUT2D eigenvalue weighted by atomic mass is 15.1. The minimum atomic E-state index is 0.512. The molecule has 2 atom stereocenters.